The third-order valence-corrected chi connectivity index (χ3v) is 6.40. The van der Waals surface area contributed by atoms with E-state index in [9.17, 15) is 14.4 Å². The summed E-state index contributed by atoms with van der Waals surface area (Å²) in [6.07, 6.45) is 3.45. The number of rotatable bonds is 5. The van der Waals surface area contributed by atoms with Gasteiger partial charge in [-0.2, -0.15) is 0 Å². The van der Waals surface area contributed by atoms with E-state index in [-0.39, 0.29) is 42.8 Å². The smallest absolute Gasteiger partial charge is 0.409 e. The van der Waals surface area contributed by atoms with Gasteiger partial charge in [-0.05, 0) is 62.6 Å². The first kappa shape index (κ1) is 23.6. The second-order valence-electron chi connectivity index (χ2n) is 8.53. The topological polar surface area (TPSA) is 84.9 Å². The van der Waals surface area contributed by atoms with Crippen molar-refractivity contribution in [1.82, 2.24) is 10.2 Å². The predicted octanol–water partition coefficient (Wildman–Crippen LogP) is 3.19. The first-order chi connectivity index (χ1) is 15.4. The monoisotopic (exact) mass is 440 g/mol. The number of nitrogens with one attached hydrogen (secondary N) is 1. The number of aryl methyl sites for hydroxylation is 1. The molecule has 0 spiro atoms. The van der Waals surface area contributed by atoms with Gasteiger partial charge in [0, 0.05) is 44.0 Å². The number of fused-ring (bicyclic) bond motifs is 1. The average Bonchev–Trinajstić information content (AvgIpc) is 3.23. The van der Waals surface area contributed by atoms with Crippen molar-refractivity contribution >= 4 is 18.0 Å². The van der Waals surface area contributed by atoms with Gasteiger partial charge in [-0.1, -0.05) is 18.1 Å². The number of hydrogen-bond acceptors (Lipinski definition) is 5. The maximum absolute atomic E-state index is 12.8. The normalized spacial score (nSPS) is 24.0. The van der Waals surface area contributed by atoms with Gasteiger partial charge in [-0.3, -0.25) is 9.59 Å². The molecule has 1 saturated heterocycles. The minimum absolute atomic E-state index is 0.0679. The number of likely N-dealkylation sites (tertiary alicyclic amines) is 1. The molecular weight excluding hydrogens is 408 g/mol. The van der Waals surface area contributed by atoms with E-state index in [4.69, 9.17) is 9.47 Å². The van der Waals surface area contributed by atoms with Gasteiger partial charge in [0.05, 0.1) is 7.11 Å². The number of hydrogen-bond donors (Lipinski definition) is 1. The number of carbonyl (C=O) groups excluding carboxylic acids is 3. The zero-order valence-electron chi connectivity index (χ0n) is 19.1. The van der Waals surface area contributed by atoms with Gasteiger partial charge in [-0.15, -0.1) is 0 Å². The van der Waals surface area contributed by atoms with E-state index < -0.39 is 5.60 Å². The van der Waals surface area contributed by atoms with Crippen LogP contribution in [-0.2, 0) is 19.1 Å². The molecule has 0 aromatic heterocycles. The Balaban J connectivity index is 1.85. The highest BCUT2D eigenvalue weighted by molar-refractivity contribution is 5.77. The van der Waals surface area contributed by atoms with Crippen LogP contribution in [0.4, 0.5) is 4.79 Å². The van der Waals surface area contributed by atoms with Crippen LogP contribution in [0.3, 0.4) is 0 Å². The second-order valence-corrected chi connectivity index (χ2v) is 8.53. The van der Waals surface area contributed by atoms with Gasteiger partial charge in [0.1, 0.15) is 0 Å². The molecular formula is C25H32N2O5. The van der Waals surface area contributed by atoms with E-state index in [2.05, 4.69) is 17.2 Å². The summed E-state index contributed by atoms with van der Waals surface area (Å²) in [6.45, 7) is 2.57. The summed E-state index contributed by atoms with van der Waals surface area (Å²) < 4.78 is 11.1. The van der Waals surface area contributed by atoms with Gasteiger partial charge < -0.3 is 19.7 Å². The summed E-state index contributed by atoms with van der Waals surface area (Å²) >= 11 is 0. The molecule has 0 unspecified atom stereocenters. The predicted molar refractivity (Wildman–Crippen MR) is 120 cm³/mol. The number of esters is 1. The molecule has 0 bridgehead atoms. The molecule has 1 aliphatic heterocycles. The summed E-state index contributed by atoms with van der Waals surface area (Å²) in [5.41, 5.74) is 1.01. The number of benzene rings is 1. The molecule has 32 heavy (non-hydrogen) atoms. The van der Waals surface area contributed by atoms with E-state index in [0.717, 1.165) is 24.0 Å². The fourth-order valence-electron chi connectivity index (χ4n) is 4.84. The summed E-state index contributed by atoms with van der Waals surface area (Å²) in [7, 11) is 2.96. The van der Waals surface area contributed by atoms with Crippen LogP contribution in [0.25, 0.3) is 0 Å². The van der Waals surface area contributed by atoms with Crippen LogP contribution >= 0.6 is 0 Å². The third kappa shape index (κ3) is 5.42. The Labute approximate surface area is 189 Å². The molecule has 1 aromatic rings. The number of carbonyl (C=O) groups is 3. The van der Waals surface area contributed by atoms with Gasteiger partial charge in [0.25, 0.3) is 0 Å². The van der Waals surface area contributed by atoms with Crippen LogP contribution in [-0.4, -0.2) is 55.2 Å². The Hall–Kier alpha value is -3.01. The number of methoxy groups -OCH3 is 1. The van der Waals surface area contributed by atoms with Crippen molar-refractivity contribution in [3.8, 4) is 11.8 Å². The molecule has 1 N–H and O–H groups in total. The maximum atomic E-state index is 12.8. The second kappa shape index (κ2) is 10.5. The van der Waals surface area contributed by atoms with Crippen molar-refractivity contribution in [2.24, 2.45) is 5.92 Å². The Morgan fingerprint density at radius 1 is 1.25 bits per heavy atom. The van der Waals surface area contributed by atoms with E-state index in [1.165, 1.54) is 7.11 Å². The summed E-state index contributed by atoms with van der Waals surface area (Å²) in [6, 6.07) is 7.84. The minimum Gasteiger partial charge on any atom is -0.453 e. The highest BCUT2D eigenvalue weighted by Gasteiger charge is 2.53. The quantitative estimate of drug-likeness (QED) is 0.562. The van der Waals surface area contributed by atoms with Crippen LogP contribution < -0.4 is 5.32 Å². The first-order valence-corrected chi connectivity index (χ1v) is 11.3. The summed E-state index contributed by atoms with van der Waals surface area (Å²) in [5.74, 6) is 6.01. The molecule has 1 aromatic carbocycles. The molecule has 7 heteroatoms. The molecule has 3 atom stereocenters. The van der Waals surface area contributed by atoms with Crippen LogP contribution in [0.1, 0.15) is 56.1 Å². The van der Waals surface area contributed by atoms with E-state index >= 15 is 0 Å². The van der Waals surface area contributed by atoms with E-state index in [1.54, 1.807) is 11.9 Å². The van der Waals surface area contributed by atoms with Crippen molar-refractivity contribution in [2.45, 2.75) is 63.5 Å². The maximum Gasteiger partial charge on any atom is 0.409 e. The van der Waals surface area contributed by atoms with Gasteiger partial charge in [-0.25, -0.2) is 4.79 Å². The molecule has 1 aliphatic carbocycles. The molecule has 7 nitrogen and oxygen atoms in total. The molecule has 1 saturated carbocycles. The largest absolute Gasteiger partial charge is 0.453 e. The van der Waals surface area contributed by atoms with Crippen molar-refractivity contribution in [3.05, 3.63) is 35.4 Å². The third-order valence-electron chi connectivity index (χ3n) is 6.40. The lowest BCUT2D eigenvalue weighted by Gasteiger charge is -2.42. The van der Waals surface area contributed by atoms with Gasteiger partial charge >= 0.3 is 12.1 Å². The lowest BCUT2D eigenvalue weighted by molar-refractivity contribution is -0.162. The highest BCUT2D eigenvalue weighted by Crippen LogP contribution is 2.45. The van der Waals surface area contributed by atoms with Crippen LogP contribution in [0.15, 0.2) is 24.3 Å². The SMILES string of the molecule is CNC(=O)CCCC(=O)O[C@@]1(C#Cc2cccc(C)c2)CCC[C@@H]2[C@H]1CCN2C(=O)OC. The summed E-state index contributed by atoms with van der Waals surface area (Å²) in [4.78, 5) is 38.3. The average molecular weight is 441 g/mol. The zero-order valence-corrected chi connectivity index (χ0v) is 19.1. The number of amides is 2. The van der Waals surface area contributed by atoms with Crippen LogP contribution in [0, 0.1) is 24.7 Å². The Kier molecular flexibility index (Phi) is 7.79. The molecule has 2 aliphatic rings. The lowest BCUT2D eigenvalue weighted by atomic mass is 9.72. The fourth-order valence-corrected chi connectivity index (χ4v) is 4.84. The molecule has 3 rings (SSSR count). The molecule has 2 amide bonds. The van der Waals surface area contributed by atoms with Gasteiger partial charge in [0.15, 0.2) is 5.60 Å². The van der Waals surface area contributed by atoms with Gasteiger partial charge in [0.2, 0.25) is 5.91 Å². The standard InChI is InChI=1S/C25H32N2O5/c1-18-7-4-8-19(17-18)12-15-25(32-23(29)11-5-10-22(28)26-2)14-6-9-21-20(25)13-16-27(21)24(30)31-3/h4,7-8,17,20-21H,5-6,9-11,13-14,16H2,1-3H3,(H,26,28)/t20-,21-,25-/m1/s1. The fraction of sp³-hybridized carbons (Fsp3) is 0.560. The Morgan fingerprint density at radius 3 is 2.78 bits per heavy atom. The minimum atomic E-state index is -0.959. The number of nitrogens with zero attached hydrogens (tertiary/aromatic N) is 1. The van der Waals surface area contributed by atoms with Crippen LogP contribution in [0.2, 0.25) is 0 Å². The Morgan fingerprint density at radius 2 is 2.06 bits per heavy atom. The lowest BCUT2D eigenvalue weighted by Crippen LogP contribution is -2.51. The van der Waals surface area contributed by atoms with Crippen molar-refractivity contribution < 1.29 is 23.9 Å². The molecule has 0 radical (unpaired) electrons. The van der Waals surface area contributed by atoms with Crippen molar-refractivity contribution in [3.63, 3.8) is 0 Å². The van der Waals surface area contributed by atoms with Crippen molar-refractivity contribution in [2.75, 3.05) is 20.7 Å². The Bertz CT molecular complexity index is 918. The molecule has 1 heterocycles. The zero-order chi connectivity index (χ0) is 23.1. The summed E-state index contributed by atoms with van der Waals surface area (Å²) in [5, 5.41) is 2.56. The van der Waals surface area contributed by atoms with Crippen molar-refractivity contribution in [1.29, 1.82) is 0 Å². The highest BCUT2D eigenvalue weighted by atomic mass is 16.6. The number of ether oxygens (including phenoxy) is 2. The van der Waals surface area contributed by atoms with E-state index in [0.29, 0.717) is 25.8 Å². The first-order valence-electron chi connectivity index (χ1n) is 11.3. The molecule has 172 valence electrons. The van der Waals surface area contributed by atoms with E-state index in [1.807, 2.05) is 31.2 Å². The molecule has 2 fully saturated rings. The van der Waals surface area contributed by atoms with Crippen LogP contribution in [0.5, 0.6) is 0 Å².